The molecule has 0 bridgehead atoms. The number of phenols is 1. The highest BCUT2D eigenvalue weighted by atomic mass is 16.4. The first-order valence-corrected chi connectivity index (χ1v) is 30.4. The number of aliphatic imine (C=N–C) groups is 1. The van der Waals surface area contributed by atoms with Crippen LogP contribution in [0.3, 0.4) is 0 Å². The lowest BCUT2D eigenvalue weighted by Crippen LogP contribution is -2.61. The Morgan fingerprint density at radius 2 is 0.777 bits per heavy atom. The van der Waals surface area contributed by atoms with Gasteiger partial charge in [-0.1, -0.05) is 70.2 Å². The van der Waals surface area contributed by atoms with Crippen LogP contribution in [-0.2, 0) is 80.0 Å². The molecule has 34 heteroatoms. The minimum atomic E-state index is -2.07. The Bertz CT molecular complexity index is 2950. The first kappa shape index (κ1) is 80.1. The smallest absolute Gasteiger partial charge is 0.326 e. The van der Waals surface area contributed by atoms with Crippen molar-refractivity contribution in [1.29, 1.82) is 0 Å². The number of amides is 9. The molecule has 0 aliphatic heterocycles. The molecule has 10 atom stereocenters. The number of carbonyl (C=O) groups excluding carboxylic acids is 9. The fraction of sp³-hybridized carbons (Fsp3) is 0.550. The summed E-state index contributed by atoms with van der Waals surface area (Å²) in [6.45, 7) is 6.71. The Labute approximate surface area is 541 Å². The van der Waals surface area contributed by atoms with E-state index in [1.807, 2.05) is 0 Å². The third-order valence-corrected chi connectivity index (χ3v) is 14.0. The molecule has 0 unspecified atom stereocenters. The molecule has 520 valence electrons. The summed E-state index contributed by atoms with van der Waals surface area (Å²) in [5.74, 6) is -18.7. The molecule has 2 aromatic rings. The summed E-state index contributed by atoms with van der Waals surface area (Å²) in [6, 6.07) is -3.09. The van der Waals surface area contributed by atoms with E-state index in [1.165, 1.54) is 24.3 Å². The van der Waals surface area contributed by atoms with Crippen molar-refractivity contribution in [3.63, 3.8) is 0 Å². The second-order valence-corrected chi connectivity index (χ2v) is 23.1. The topological polar surface area (TPSA) is 585 Å². The van der Waals surface area contributed by atoms with Gasteiger partial charge in [0.15, 0.2) is 5.96 Å². The number of nitrogens with zero attached hydrogens (tertiary/aromatic N) is 1. The first-order chi connectivity index (χ1) is 44.2. The lowest BCUT2D eigenvalue weighted by molar-refractivity contribution is -0.143. The Morgan fingerprint density at radius 3 is 1.20 bits per heavy atom. The van der Waals surface area contributed by atoms with Crippen molar-refractivity contribution in [3.8, 4) is 5.75 Å². The van der Waals surface area contributed by atoms with E-state index in [9.17, 15) is 97.8 Å². The number of carbonyl (C=O) groups is 14. The average molecular weight is 1330 g/mol. The fourth-order valence-electron chi connectivity index (χ4n) is 9.27. The third kappa shape index (κ3) is 31.8. The van der Waals surface area contributed by atoms with Crippen molar-refractivity contribution >= 4 is 89.0 Å². The van der Waals surface area contributed by atoms with E-state index in [-0.39, 0.29) is 88.5 Å². The van der Waals surface area contributed by atoms with Crippen LogP contribution < -0.4 is 70.8 Å². The first-order valence-electron chi connectivity index (χ1n) is 30.4. The van der Waals surface area contributed by atoms with Crippen LogP contribution in [0.2, 0.25) is 0 Å². The van der Waals surface area contributed by atoms with Gasteiger partial charge in [0.05, 0.1) is 18.9 Å². The van der Waals surface area contributed by atoms with Gasteiger partial charge in [-0.05, 0) is 106 Å². The third-order valence-electron chi connectivity index (χ3n) is 14.0. The summed E-state index contributed by atoms with van der Waals surface area (Å²) in [7, 11) is 0. The highest BCUT2D eigenvalue weighted by Gasteiger charge is 2.37. The maximum absolute atomic E-state index is 14.5. The van der Waals surface area contributed by atoms with Crippen LogP contribution in [0.15, 0.2) is 59.6 Å². The summed E-state index contributed by atoms with van der Waals surface area (Å²) in [5.41, 5.74) is 23.6. The molecule has 0 aromatic heterocycles. The zero-order chi connectivity index (χ0) is 70.8. The summed E-state index contributed by atoms with van der Waals surface area (Å²) >= 11 is 0. The van der Waals surface area contributed by atoms with Crippen LogP contribution in [0.25, 0.3) is 0 Å². The molecule has 34 nitrogen and oxygen atoms in total. The largest absolute Gasteiger partial charge is 0.508 e. The molecule has 0 saturated heterocycles. The number of carboxylic acids is 5. The van der Waals surface area contributed by atoms with E-state index < -0.39 is 188 Å². The molecule has 0 radical (unpaired) electrons. The van der Waals surface area contributed by atoms with Gasteiger partial charge in [0, 0.05) is 25.8 Å². The molecule has 0 spiro atoms. The van der Waals surface area contributed by atoms with Crippen LogP contribution in [0.1, 0.15) is 122 Å². The lowest BCUT2D eigenvalue weighted by Gasteiger charge is -2.28. The normalized spacial score (nSPS) is 14.2. The molecule has 2 rings (SSSR count). The average Bonchev–Trinajstić information content (AvgIpc) is 0.938. The van der Waals surface area contributed by atoms with E-state index >= 15 is 0 Å². The molecule has 23 N–H and O–H groups in total. The van der Waals surface area contributed by atoms with Gasteiger partial charge in [0.2, 0.25) is 53.2 Å². The highest BCUT2D eigenvalue weighted by Crippen LogP contribution is 2.15. The van der Waals surface area contributed by atoms with Gasteiger partial charge in [0.1, 0.15) is 60.1 Å². The van der Waals surface area contributed by atoms with Gasteiger partial charge in [-0.3, -0.25) is 67.3 Å². The van der Waals surface area contributed by atoms with Crippen LogP contribution in [-0.4, -0.2) is 193 Å². The molecular formula is C60H90N14O20. The summed E-state index contributed by atoms with van der Waals surface area (Å²) in [4.78, 5) is 190. The number of carboxylic acid groups (broad SMARTS) is 5. The zero-order valence-electron chi connectivity index (χ0n) is 52.8. The minimum Gasteiger partial charge on any atom is -0.508 e. The van der Waals surface area contributed by atoms with E-state index in [4.69, 9.17) is 22.9 Å². The van der Waals surface area contributed by atoms with Crippen molar-refractivity contribution in [2.75, 3.05) is 13.1 Å². The van der Waals surface area contributed by atoms with Gasteiger partial charge >= 0.3 is 29.8 Å². The maximum Gasteiger partial charge on any atom is 0.326 e. The Hall–Kier alpha value is -9.99. The minimum absolute atomic E-state index is 0.0136. The molecule has 2 aromatic carbocycles. The molecular weight excluding hydrogens is 1240 g/mol. The SMILES string of the molecule is CC(C)C[C@H](NC(=O)[C@H](CCCN=C(N)N)NC(=O)[C@H](CC(=O)O)NC(=O)[C@H](Cc1ccccc1)NC(=O)[C@H](CCCCN)NC(=O)[C@H](CCC(=O)O)NC(=O)[C@H](CC(=O)O)NC(=O)[C@H](CC(C)C)NC(=O)[C@H](CCC(=O)O)NC(=O)[C@@H](N)Cc1ccc(O)cc1)C(=O)O. The van der Waals surface area contributed by atoms with Crippen molar-refractivity contribution in [2.45, 2.75) is 184 Å². The van der Waals surface area contributed by atoms with Gasteiger partial charge in [-0.15, -0.1) is 0 Å². The molecule has 0 fully saturated rings. The number of aromatic hydroxyl groups is 1. The molecule has 0 aliphatic carbocycles. The van der Waals surface area contributed by atoms with Crippen LogP contribution in [0.4, 0.5) is 0 Å². The number of aliphatic carboxylic acids is 5. The van der Waals surface area contributed by atoms with E-state index in [2.05, 4.69) is 52.8 Å². The van der Waals surface area contributed by atoms with Crippen LogP contribution >= 0.6 is 0 Å². The quantitative estimate of drug-likeness (QED) is 0.0177. The Balaban J connectivity index is 2.55. The highest BCUT2D eigenvalue weighted by molar-refractivity contribution is 6.00. The Morgan fingerprint density at radius 1 is 0.415 bits per heavy atom. The van der Waals surface area contributed by atoms with E-state index in [0.29, 0.717) is 11.1 Å². The second-order valence-electron chi connectivity index (χ2n) is 23.1. The van der Waals surface area contributed by atoms with Crippen molar-refractivity contribution in [3.05, 3.63) is 65.7 Å². The van der Waals surface area contributed by atoms with Crippen LogP contribution in [0, 0.1) is 11.8 Å². The predicted octanol–water partition coefficient (Wildman–Crippen LogP) is -3.09. The fourth-order valence-corrected chi connectivity index (χ4v) is 9.27. The molecule has 0 heterocycles. The number of phenolic OH excluding ortho intramolecular Hbond substituents is 1. The number of nitrogens with two attached hydrogens (primary N) is 4. The number of hydrogen-bond acceptors (Lipinski definition) is 18. The summed E-state index contributed by atoms with van der Waals surface area (Å²) < 4.78 is 0. The number of rotatable bonds is 45. The number of nitrogens with one attached hydrogen (secondary N) is 9. The number of guanidine groups is 1. The summed E-state index contributed by atoms with van der Waals surface area (Å²) in [5, 5.41) is 79.8. The standard InChI is InChI=1S/C60H90N14O20/c1-31(2)25-41(70-54(88)39(19-21-46(76)77)66-50(84)36(62)27-34-15-17-35(75)18-16-34)55(89)72-44(30-49(82)83)58(92)69-40(20-22-47(78)79)53(87)67-37(13-8-9-23-61)51(85)71-42(28-33-11-6-5-7-12-33)56(90)73-43(29-48(80)81)57(91)68-38(14-10-24-65-60(63)64)52(86)74-45(59(93)94)26-32(3)4/h5-7,11-12,15-18,31-32,36-45,75H,8-10,13-14,19-30,61-62H2,1-4H3,(H,66,84)(H,67,87)(H,68,91)(H,69,92)(H,70,88)(H,71,85)(H,72,89)(H,73,90)(H,74,86)(H,76,77)(H,78,79)(H,80,81)(H,82,83)(H,93,94)(H4,63,64,65)/t36-,37-,38-,39-,40-,41-,42-,43-,44-,45-/m0/s1. The van der Waals surface area contributed by atoms with Gasteiger partial charge in [-0.2, -0.15) is 0 Å². The number of unbranched alkanes of at least 4 members (excludes halogenated alkanes) is 1. The van der Waals surface area contributed by atoms with Crippen molar-refractivity contribution in [2.24, 2.45) is 39.8 Å². The second kappa shape index (κ2) is 41.5. The maximum atomic E-state index is 14.5. The van der Waals surface area contributed by atoms with E-state index in [0.717, 1.165) is 0 Å². The number of benzene rings is 2. The van der Waals surface area contributed by atoms with Crippen molar-refractivity contribution in [1.82, 2.24) is 47.9 Å². The zero-order valence-corrected chi connectivity index (χ0v) is 52.8. The Kier molecular flexibility index (Phi) is 35.4. The van der Waals surface area contributed by atoms with Crippen molar-refractivity contribution < 1.29 is 97.8 Å². The molecule has 0 saturated carbocycles. The monoisotopic (exact) mass is 1330 g/mol. The van der Waals surface area contributed by atoms with Gasteiger partial charge < -0.3 is 101 Å². The molecule has 0 aliphatic rings. The van der Waals surface area contributed by atoms with E-state index in [1.54, 1.807) is 58.0 Å². The lowest BCUT2D eigenvalue weighted by atomic mass is 10.0. The number of hydrogen-bond donors (Lipinski definition) is 19. The summed E-state index contributed by atoms with van der Waals surface area (Å²) in [6.07, 6.45) is -5.62. The van der Waals surface area contributed by atoms with Gasteiger partial charge in [-0.25, -0.2) is 4.79 Å². The predicted molar refractivity (Wildman–Crippen MR) is 335 cm³/mol. The molecule has 9 amide bonds. The molecule has 94 heavy (non-hydrogen) atoms. The van der Waals surface area contributed by atoms with Crippen LogP contribution in [0.5, 0.6) is 5.75 Å². The van der Waals surface area contributed by atoms with Gasteiger partial charge in [0.25, 0.3) is 0 Å².